The summed E-state index contributed by atoms with van der Waals surface area (Å²) in [5, 5.41) is -0.0389. The third-order valence-corrected chi connectivity index (χ3v) is 2.79. The Labute approximate surface area is 94.1 Å². The molecule has 1 fully saturated rings. The Bertz CT molecular complexity index is 363. The third kappa shape index (κ3) is 2.48. The fourth-order valence-electron chi connectivity index (χ4n) is 1.66. The monoisotopic (exact) mass is 224 g/mol. The molecule has 1 aliphatic rings. The van der Waals surface area contributed by atoms with E-state index >= 15 is 0 Å². The molecule has 2 heterocycles. The zero-order valence-corrected chi connectivity index (χ0v) is 9.37. The number of alkyl halides is 1. The first-order valence-electron chi connectivity index (χ1n) is 4.98. The van der Waals surface area contributed by atoms with Crippen molar-refractivity contribution in [2.24, 2.45) is 0 Å². The van der Waals surface area contributed by atoms with Crippen LogP contribution in [0.5, 0.6) is 0 Å². The van der Waals surface area contributed by atoms with E-state index in [2.05, 4.69) is 4.98 Å². The molecule has 0 aliphatic carbocycles. The highest BCUT2D eigenvalue weighted by Gasteiger charge is 2.27. The first-order chi connectivity index (χ1) is 7.15. The molecule has 1 aromatic heterocycles. The molecular weight excluding hydrogens is 212 g/mol. The lowest BCUT2D eigenvalue weighted by molar-refractivity contribution is -0.128. The number of pyridine rings is 1. The van der Waals surface area contributed by atoms with Crippen molar-refractivity contribution in [1.29, 1.82) is 0 Å². The second kappa shape index (κ2) is 4.19. The second-order valence-electron chi connectivity index (χ2n) is 3.90. The van der Waals surface area contributed by atoms with Crippen LogP contribution in [0.2, 0.25) is 0 Å². The molecule has 0 N–H and O–H groups in total. The molecule has 2 rings (SSSR count). The van der Waals surface area contributed by atoms with Crippen molar-refractivity contribution in [3.63, 3.8) is 0 Å². The molecule has 0 saturated carbocycles. The van der Waals surface area contributed by atoms with Crippen molar-refractivity contribution < 1.29 is 4.79 Å². The minimum atomic E-state index is -0.0389. The highest BCUT2D eigenvalue weighted by atomic mass is 35.5. The summed E-state index contributed by atoms with van der Waals surface area (Å²) < 4.78 is 0. The van der Waals surface area contributed by atoms with E-state index in [9.17, 15) is 4.79 Å². The van der Waals surface area contributed by atoms with E-state index in [4.69, 9.17) is 11.6 Å². The lowest BCUT2D eigenvalue weighted by atomic mass is 10.2. The predicted octanol–water partition coefficient (Wildman–Crippen LogP) is 1.73. The van der Waals surface area contributed by atoms with Gasteiger partial charge in [-0.2, -0.15) is 0 Å². The topological polar surface area (TPSA) is 33.2 Å². The summed E-state index contributed by atoms with van der Waals surface area (Å²) in [7, 11) is 0. The Morgan fingerprint density at radius 3 is 2.93 bits per heavy atom. The SMILES string of the molecule is Cc1ccc(CN2CC(Cl)CC2=O)nc1. The van der Waals surface area contributed by atoms with Crippen molar-refractivity contribution in [2.45, 2.75) is 25.3 Å². The molecule has 0 bridgehead atoms. The van der Waals surface area contributed by atoms with Crippen molar-refractivity contribution in [3.05, 3.63) is 29.6 Å². The van der Waals surface area contributed by atoms with Gasteiger partial charge in [-0.25, -0.2) is 0 Å². The van der Waals surface area contributed by atoms with Gasteiger partial charge in [-0.05, 0) is 18.6 Å². The molecule has 1 aromatic rings. The Morgan fingerprint density at radius 1 is 1.60 bits per heavy atom. The minimum absolute atomic E-state index is 0.0389. The number of amides is 1. The zero-order valence-electron chi connectivity index (χ0n) is 8.61. The molecule has 15 heavy (non-hydrogen) atoms. The number of halogens is 1. The van der Waals surface area contributed by atoms with Gasteiger partial charge in [-0.1, -0.05) is 6.07 Å². The molecule has 1 saturated heterocycles. The molecular formula is C11H13ClN2O. The van der Waals surface area contributed by atoms with Crippen LogP contribution in [0.3, 0.4) is 0 Å². The smallest absolute Gasteiger partial charge is 0.224 e. The summed E-state index contributed by atoms with van der Waals surface area (Å²) in [6, 6.07) is 3.95. The summed E-state index contributed by atoms with van der Waals surface area (Å²) in [6.45, 7) is 3.20. The van der Waals surface area contributed by atoms with Crippen LogP contribution in [0, 0.1) is 6.92 Å². The fraction of sp³-hybridized carbons (Fsp3) is 0.455. The van der Waals surface area contributed by atoms with Gasteiger partial charge in [0, 0.05) is 19.2 Å². The first-order valence-corrected chi connectivity index (χ1v) is 5.42. The lowest BCUT2D eigenvalue weighted by Crippen LogP contribution is -2.25. The van der Waals surface area contributed by atoms with Gasteiger partial charge in [0.05, 0.1) is 17.6 Å². The Hall–Kier alpha value is -1.09. The summed E-state index contributed by atoms with van der Waals surface area (Å²) in [5.41, 5.74) is 2.04. The van der Waals surface area contributed by atoms with Crippen LogP contribution in [0.1, 0.15) is 17.7 Å². The number of aryl methyl sites for hydroxylation is 1. The summed E-state index contributed by atoms with van der Waals surface area (Å²) >= 11 is 5.91. The van der Waals surface area contributed by atoms with Crippen LogP contribution in [-0.2, 0) is 11.3 Å². The predicted molar refractivity (Wildman–Crippen MR) is 58.6 cm³/mol. The maximum atomic E-state index is 11.5. The normalized spacial score (nSPS) is 21.1. The van der Waals surface area contributed by atoms with E-state index in [-0.39, 0.29) is 11.3 Å². The van der Waals surface area contributed by atoms with Gasteiger partial charge in [-0.15, -0.1) is 11.6 Å². The van der Waals surface area contributed by atoms with Crippen LogP contribution in [0.25, 0.3) is 0 Å². The number of likely N-dealkylation sites (tertiary alicyclic amines) is 1. The molecule has 1 aliphatic heterocycles. The largest absolute Gasteiger partial charge is 0.335 e. The van der Waals surface area contributed by atoms with E-state index in [1.165, 1.54) is 0 Å². The average Bonchev–Trinajstić information content (AvgIpc) is 2.49. The Morgan fingerprint density at radius 2 is 2.40 bits per heavy atom. The van der Waals surface area contributed by atoms with Crippen LogP contribution in [-0.4, -0.2) is 27.7 Å². The maximum absolute atomic E-state index is 11.5. The number of nitrogens with zero attached hydrogens (tertiary/aromatic N) is 2. The van der Waals surface area contributed by atoms with Gasteiger partial charge in [0.2, 0.25) is 5.91 Å². The van der Waals surface area contributed by atoms with E-state index < -0.39 is 0 Å². The number of hydrogen-bond donors (Lipinski definition) is 0. The molecule has 1 unspecified atom stereocenters. The number of hydrogen-bond acceptors (Lipinski definition) is 2. The fourth-order valence-corrected chi connectivity index (χ4v) is 1.96. The van der Waals surface area contributed by atoms with Crippen LogP contribution >= 0.6 is 11.6 Å². The van der Waals surface area contributed by atoms with E-state index in [0.29, 0.717) is 19.5 Å². The van der Waals surface area contributed by atoms with E-state index in [1.54, 1.807) is 4.90 Å². The molecule has 80 valence electrons. The van der Waals surface area contributed by atoms with Crippen LogP contribution in [0.4, 0.5) is 0 Å². The van der Waals surface area contributed by atoms with Gasteiger partial charge in [0.1, 0.15) is 0 Å². The van der Waals surface area contributed by atoms with Crippen LogP contribution < -0.4 is 0 Å². The van der Waals surface area contributed by atoms with Crippen molar-refractivity contribution in [1.82, 2.24) is 9.88 Å². The molecule has 0 spiro atoms. The number of carbonyl (C=O) groups excluding carboxylic acids is 1. The summed E-state index contributed by atoms with van der Waals surface area (Å²) in [6.07, 6.45) is 2.27. The van der Waals surface area contributed by atoms with Gasteiger partial charge in [0.15, 0.2) is 0 Å². The molecule has 1 atom stereocenters. The van der Waals surface area contributed by atoms with Crippen molar-refractivity contribution in [2.75, 3.05) is 6.54 Å². The zero-order chi connectivity index (χ0) is 10.8. The number of aromatic nitrogens is 1. The summed E-state index contributed by atoms with van der Waals surface area (Å²) in [5.74, 6) is 0.123. The highest BCUT2D eigenvalue weighted by molar-refractivity contribution is 6.22. The minimum Gasteiger partial charge on any atom is -0.335 e. The highest BCUT2D eigenvalue weighted by Crippen LogP contribution is 2.18. The molecule has 3 nitrogen and oxygen atoms in total. The van der Waals surface area contributed by atoms with Gasteiger partial charge in [0.25, 0.3) is 0 Å². The third-order valence-electron chi connectivity index (χ3n) is 2.49. The van der Waals surface area contributed by atoms with Gasteiger partial charge < -0.3 is 4.90 Å². The number of carbonyl (C=O) groups is 1. The molecule has 1 amide bonds. The molecule has 0 radical (unpaired) electrons. The molecule has 0 aromatic carbocycles. The molecule has 4 heteroatoms. The van der Waals surface area contributed by atoms with E-state index in [1.807, 2.05) is 25.3 Å². The second-order valence-corrected chi connectivity index (χ2v) is 4.52. The first kappa shape index (κ1) is 10.4. The Kier molecular flexibility index (Phi) is 2.91. The quantitative estimate of drug-likeness (QED) is 0.717. The average molecular weight is 225 g/mol. The van der Waals surface area contributed by atoms with Gasteiger partial charge >= 0.3 is 0 Å². The standard InChI is InChI=1S/C11H13ClN2O/c1-8-2-3-10(13-5-8)7-14-6-9(12)4-11(14)15/h2-3,5,9H,4,6-7H2,1H3. The van der Waals surface area contributed by atoms with Crippen LogP contribution in [0.15, 0.2) is 18.3 Å². The van der Waals surface area contributed by atoms with Crippen molar-refractivity contribution in [3.8, 4) is 0 Å². The van der Waals surface area contributed by atoms with Crippen molar-refractivity contribution >= 4 is 17.5 Å². The number of rotatable bonds is 2. The lowest BCUT2D eigenvalue weighted by Gasteiger charge is -2.14. The Balaban J connectivity index is 2.03. The van der Waals surface area contributed by atoms with Gasteiger partial charge in [-0.3, -0.25) is 9.78 Å². The summed E-state index contributed by atoms with van der Waals surface area (Å²) in [4.78, 5) is 17.5. The van der Waals surface area contributed by atoms with E-state index in [0.717, 1.165) is 11.3 Å². The maximum Gasteiger partial charge on any atom is 0.224 e.